The van der Waals surface area contributed by atoms with E-state index in [4.69, 9.17) is 4.74 Å². The lowest BCUT2D eigenvalue weighted by atomic mass is 10.2. The molecule has 0 aliphatic carbocycles. The fraction of sp³-hybridized carbons (Fsp3) is 0.0909. The van der Waals surface area contributed by atoms with E-state index in [1.54, 1.807) is 25.3 Å². The summed E-state index contributed by atoms with van der Waals surface area (Å²) in [4.78, 5) is 12.7. The number of hydrazone groups is 1. The van der Waals surface area contributed by atoms with Gasteiger partial charge in [0.2, 0.25) is 0 Å². The molecule has 0 saturated heterocycles. The fourth-order valence-electron chi connectivity index (χ4n) is 2.48. The SMILES string of the molecule is C/C=N\N(C(=O)c1ccccc1)c1ccc(OCc2ccccc2)cc1. The molecule has 4 nitrogen and oxygen atoms in total. The molecule has 0 aliphatic rings. The van der Waals surface area contributed by atoms with E-state index in [2.05, 4.69) is 5.10 Å². The van der Waals surface area contributed by atoms with Crippen LogP contribution in [0.5, 0.6) is 5.75 Å². The molecule has 1 amide bonds. The molecule has 130 valence electrons. The molecule has 0 atom stereocenters. The fourth-order valence-corrected chi connectivity index (χ4v) is 2.48. The lowest BCUT2D eigenvalue weighted by molar-refractivity contribution is 0.0987. The number of hydrogen-bond acceptors (Lipinski definition) is 3. The van der Waals surface area contributed by atoms with Gasteiger partial charge in [-0.05, 0) is 48.9 Å². The molecule has 4 heteroatoms. The van der Waals surface area contributed by atoms with Crippen LogP contribution in [0.2, 0.25) is 0 Å². The third-order valence-electron chi connectivity index (χ3n) is 3.77. The van der Waals surface area contributed by atoms with Gasteiger partial charge in [0.15, 0.2) is 0 Å². The zero-order valence-corrected chi connectivity index (χ0v) is 14.6. The summed E-state index contributed by atoms with van der Waals surface area (Å²) in [5, 5.41) is 5.60. The van der Waals surface area contributed by atoms with E-state index < -0.39 is 0 Å². The van der Waals surface area contributed by atoms with Gasteiger partial charge in [-0.25, -0.2) is 0 Å². The quantitative estimate of drug-likeness (QED) is 0.470. The summed E-state index contributed by atoms with van der Waals surface area (Å²) < 4.78 is 5.79. The minimum Gasteiger partial charge on any atom is -0.489 e. The first-order chi connectivity index (χ1) is 12.8. The van der Waals surface area contributed by atoms with Crippen molar-refractivity contribution < 1.29 is 9.53 Å². The molecule has 0 fully saturated rings. The van der Waals surface area contributed by atoms with Crippen LogP contribution in [0.15, 0.2) is 90.0 Å². The van der Waals surface area contributed by atoms with Crippen LogP contribution in [0, 0.1) is 0 Å². The van der Waals surface area contributed by atoms with Gasteiger partial charge in [0, 0.05) is 11.8 Å². The number of carbonyl (C=O) groups is 1. The van der Waals surface area contributed by atoms with Gasteiger partial charge in [-0.3, -0.25) is 4.79 Å². The number of carbonyl (C=O) groups excluding carboxylic acids is 1. The number of nitrogens with zero attached hydrogens (tertiary/aromatic N) is 2. The Hall–Kier alpha value is -3.40. The van der Waals surface area contributed by atoms with Gasteiger partial charge in [0.1, 0.15) is 12.4 Å². The van der Waals surface area contributed by atoms with Crippen LogP contribution in [-0.2, 0) is 6.61 Å². The van der Waals surface area contributed by atoms with E-state index in [0.717, 1.165) is 11.3 Å². The van der Waals surface area contributed by atoms with Crippen LogP contribution < -0.4 is 9.75 Å². The Morgan fingerprint density at radius 3 is 2.15 bits per heavy atom. The topological polar surface area (TPSA) is 41.9 Å². The number of amides is 1. The lowest BCUT2D eigenvalue weighted by Gasteiger charge is -2.17. The Labute approximate surface area is 153 Å². The van der Waals surface area contributed by atoms with Crippen molar-refractivity contribution in [2.24, 2.45) is 5.10 Å². The maximum Gasteiger partial charge on any atom is 0.278 e. The van der Waals surface area contributed by atoms with Crippen molar-refractivity contribution in [1.29, 1.82) is 0 Å². The molecule has 0 saturated carbocycles. The highest BCUT2D eigenvalue weighted by molar-refractivity contribution is 6.06. The van der Waals surface area contributed by atoms with Gasteiger partial charge < -0.3 is 4.74 Å². The van der Waals surface area contributed by atoms with Crippen LogP contribution >= 0.6 is 0 Å². The summed E-state index contributed by atoms with van der Waals surface area (Å²) in [6, 6.07) is 26.4. The number of anilines is 1. The first-order valence-corrected chi connectivity index (χ1v) is 8.43. The molecule has 0 radical (unpaired) electrons. The van der Waals surface area contributed by atoms with Gasteiger partial charge in [0.25, 0.3) is 5.91 Å². The first kappa shape index (κ1) is 17.4. The highest BCUT2D eigenvalue weighted by Gasteiger charge is 2.16. The smallest absolute Gasteiger partial charge is 0.278 e. The molecular formula is C22H20N2O2. The molecule has 26 heavy (non-hydrogen) atoms. The van der Waals surface area contributed by atoms with Crippen LogP contribution in [0.1, 0.15) is 22.8 Å². The monoisotopic (exact) mass is 344 g/mol. The van der Waals surface area contributed by atoms with Gasteiger partial charge in [0.05, 0.1) is 5.69 Å². The van der Waals surface area contributed by atoms with E-state index in [9.17, 15) is 4.79 Å². The third-order valence-corrected chi connectivity index (χ3v) is 3.77. The second-order valence-corrected chi connectivity index (χ2v) is 5.62. The summed E-state index contributed by atoms with van der Waals surface area (Å²) in [5.74, 6) is 0.562. The van der Waals surface area contributed by atoms with Crippen molar-refractivity contribution >= 4 is 17.8 Å². The Kier molecular flexibility index (Phi) is 5.78. The van der Waals surface area contributed by atoms with Crippen molar-refractivity contribution in [2.45, 2.75) is 13.5 Å². The molecule has 3 aromatic rings. The molecule has 0 unspecified atom stereocenters. The summed E-state index contributed by atoms with van der Waals surface area (Å²) >= 11 is 0. The molecule has 0 bridgehead atoms. The predicted molar refractivity (Wildman–Crippen MR) is 105 cm³/mol. The third kappa shape index (κ3) is 4.36. The van der Waals surface area contributed by atoms with E-state index in [0.29, 0.717) is 17.9 Å². The van der Waals surface area contributed by atoms with Gasteiger partial charge in [-0.2, -0.15) is 10.1 Å². The highest BCUT2D eigenvalue weighted by atomic mass is 16.5. The zero-order valence-electron chi connectivity index (χ0n) is 14.6. The van der Waals surface area contributed by atoms with Gasteiger partial charge in [-0.1, -0.05) is 48.5 Å². The standard InChI is InChI=1S/C22H20N2O2/c1-2-23-24(22(25)19-11-7-4-8-12-19)20-13-15-21(16-14-20)26-17-18-9-5-3-6-10-18/h2-16H,17H2,1H3/b23-2-. The van der Waals surface area contributed by atoms with Gasteiger partial charge in [-0.15, -0.1) is 0 Å². The molecule has 0 spiro atoms. The maximum absolute atomic E-state index is 12.7. The van der Waals surface area contributed by atoms with Crippen LogP contribution in [0.3, 0.4) is 0 Å². The summed E-state index contributed by atoms with van der Waals surface area (Å²) in [6.45, 7) is 2.28. The molecule has 0 N–H and O–H groups in total. The molecule has 3 aromatic carbocycles. The number of ether oxygens (including phenoxy) is 1. The van der Waals surface area contributed by atoms with Crippen molar-refractivity contribution in [3.63, 3.8) is 0 Å². The van der Waals surface area contributed by atoms with E-state index in [-0.39, 0.29) is 5.91 Å². The van der Waals surface area contributed by atoms with Crippen molar-refractivity contribution in [2.75, 3.05) is 5.01 Å². The molecule has 3 rings (SSSR count). The maximum atomic E-state index is 12.7. The van der Waals surface area contributed by atoms with E-state index in [1.807, 2.05) is 72.8 Å². The lowest BCUT2D eigenvalue weighted by Crippen LogP contribution is -2.25. The van der Waals surface area contributed by atoms with Crippen LogP contribution in [-0.4, -0.2) is 12.1 Å². The van der Waals surface area contributed by atoms with Crippen LogP contribution in [0.25, 0.3) is 0 Å². The second-order valence-electron chi connectivity index (χ2n) is 5.62. The predicted octanol–water partition coefficient (Wildman–Crippen LogP) is 4.92. The Balaban J connectivity index is 1.73. The highest BCUT2D eigenvalue weighted by Crippen LogP contribution is 2.22. The summed E-state index contributed by atoms with van der Waals surface area (Å²) in [7, 11) is 0. The second kappa shape index (κ2) is 8.62. The number of benzene rings is 3. The zero-order chi connectivity index (χ0) is 18.2. The van der Waals surface area contributed by atoms with E-state index in [1.165, 1.54) is 5.01 Å². The first-order valence-electron chi connectivity index (χ1n) is 8.43. The minimum atomic E-state index is -0.179. The largest absolute Gasteiger partial charge is 0.489 e. The normalized spacial score (nSPS) is 10.7. The van der Waals surface area contributed by atoms with E-state index >= 15 is 0 Å². The molecule has 0 aliphatic heterocycles. The Morgan fingerprint density at radius 1 is 0.923 bits per heavy atom. The summed E-state index contributed by atoms with van der Waals surface area (Å²) in [6.07, 6.45) is 1.60. The number of hydrogen-bond donors (Lipinski definition) is 0. The van der Waals surface area contributed by atoms with Crippen molar-refractivity contribution in [3.8, 4) is 5.75 Å². The summed E-state index contributed by atoms with van der Waals surface area (Å²) in [5.41, 5.74) is 2.37. The Morgan fingerprint density at radius 2 is 1.54 bits per heavy atom. The molecule has 0 heterocycles. The molecular weight excluding hydrogens is 324 g/mol. The number of rotatable bonds is 6. The van der Waals surface area contributed by atoms with Crippen molar-refractivity contribution in [3.05, 3.63) is 96.1 Å². The van der Waals surface area contributed by atoms with Crippen LogP contribution in [0.4, 0.5) is 5.69 Å². The average Bonchev–Trinajstić information content (AvgIpc) is 2.72. The average molecular weight is 344 g/mol. The Bertz CT molecular complexity index is 860. The van der Waals surface area contributed by atoms with Gasteiger partial charge >= 0.3 is 0 Å². The minimum absolute atomic E-state index is 0.179. The van der Waals surface area contributed by atoms with Crippen molar-refractivity contribution in [1.82, 2.24) is 0 Å². The molecule has 0 aromatic heterocycles.